The monoisotopic (exact) mass is 408 g/mol. The molecule has 0 fully saturated rings. The molecular weight excluding hydrogens is 392 g/mol. The van der Waals surface area contributed by atoms with Crippen LogP contribution in [0.5, 0.6) is 11.5 Å². The second kappa shape index (κ2) is 7.85. The number of carbonyl (C=O) groups excluding carboxylic acids is 1. The highest BCUT2D eigenvalue weighted by atomic mass is 35.5. The van der Waals surface area contributed by atoms with Gasteiger partial charge in [-0.3, -0.25) is 4.79 Å². The molecule has 4 aromatic rings. The highest BCUT2D eigenvalue weighted by Crippen LogP contribution is 2.33. The van der Waals surface area contributed by atoms with E-state index >= 15 is 0 Å². The van der Waals surface area contributed by atoms with E-state index in [-0.39, 0.29) is 5.56 Å². The summed E-state index contributed by atoms with van der Waals surface area (Å²) in [5, 5.41) is 3.20. The number of nitrogens with zero attached hydrogens (tertiary/aromatic N) is 1. The maximum Gasteiger partial charge on any atom is 0.263 e. The minimum atomic E-state index is -0.407. The normalized spacial score (nSPS) is 10.7. The van der Waals surface area contributed by atoms with Crippen LogP contribution in [-0.2, 0) is 0 Å². The number of fused-ring (bicyclic) bond motifs is 1. The third kappa shape index (κ3) is 3.62. The minimum absolute atomic E-state index is 0.279. The molecule has 146 valence electrons. The maximum atomic E-state index is 12.9. The Morgan fingerprint density at radius 2 is 1.72 bits per heavy atom. The molecule has 0 saturated carbocycles. The lowest BCUT2D eigenvalue weighted by Gasteiger charge is -2.14. The highest BCUT2D eigenvalue weighted by Gasteiger charge is 2.20. The first-order valence-electron chi connectivity index (χ1n) is 8.78. The van der Waals surface area contributed by atoms with E-state index in [9.17, 15) is 4.79 Å². The van der Waals surface area contributed by atoms with E-state index in [2.05, 4.69) is 10.3 Å². The van der Waals surface area contributed by atoms with Gasteiger partial charge in [0.2, 0.25) is 5.89 Å². The van der Waals surface area contributed by atoms with Gasteiger partial charge in [-0.1, -0.05) is 29.8 Å². The standard InChI is InChI=1S/C22H17ClN2O4/c1-27-18-8-5-9-19(28-2)20(18)21(26)24-16-12-13(10-11-14(16)23)22-25-15-6-3-4-7-17(15)29-22/h3-12H,1-2H3,(H,24,26). The lowest BCUT2D eigenvalue weighted by molar-refractivity contribution is 0.102. The molecule has 6 nitrogen and oxygen atoms in total. The largest absolute Gasteiger partial charge is 0.496 e. The second-order valence-corrected chi connectivity index (χ2v) is 6.58. The van der Waals surface area contributed by atoms with Gasteiger partial charge in [0.05, 0.1) is 24.9 Å². The molecule has 1 heterocycles. The lowest BCUT2D eigenvalue weighted by Crippen LogP contribution is -2.15. The third-order valence-electron chi connectivity index (χ3n) is 4.41. The second-order valence-electron chi connectivity index (χ2n) is 6.17. The van der Waals surface area contributed by atoms with E-state index in [1.807, 2.05) is 24.3 Å². The topological polar surface area (TPSA) is 73.6 Å². The van der Waals surface area contributed by atoms with E-state index < -0.39 is 5.91 Å². The number of amides is 1. The van der Waals surface area contributed by atoms with Crippen molar-refractivity contribution >= 4 is 34.3 Å². The van der Waals surface area contributed by atoms with E-state index in [4.69, 9.17) is 25.5 Å². The van der Waals surface area contributed by atoms with Gasteiger partial charge >= 0.3 is 0 Å². The van der Waals surface area contributed by atoms with Crippen LogP contribution in [0.25, 0.3) is 22.6 Å². The molecule has 4 rings (SSSR count). The first-order chi connectivity index (χ1) is 14.1. The van der Waals surface area contributed by atoms with E-state index in [1.165, 1.54) is 14.2 Å². The van der Waals surface area contributed by atoms with E-state index in [0.29, 0.717) is 39.2 Å². The Labute approximate surface area is 172 Å². The zero-order valence-corrected chi connectivity index (χ0v) is 16.5. The van der Waals surface area contributed by atoms with Crippen LogP contribution in [0, 0.1) is 0 Å². The molecule has 29 heavy (non-hydrogen) atoms. The SMILES string of the molecule is COc1cccc(OC)c1C(=O)Nc1cc(-c2nc3ccccc3o2)ccc1Cl. The molecule has 0 saturated heterocycles. The Morgan fingerprint density at radius 3 is 2.41 bits per heavy atom. The van der Waals surface area contributed by atoms with Gasteiger partial charge in [-0.05, 0) is 42.5 Å². The number of aromatic nitrogens is 1. The summed E-state index contributed by atoms with van der Waals surface area (Å²) in [6.45, 7) is 0. The molecule has 1 amide bonds. The molecule has 0 spiro atoms. The first kappa shape index (κ1) is 18.8. The van der Waals surface area contributed by atoms with Crippen molar-refractivity contribution in [3.05, 3.63) is 71.2 Å². The number of oxazole rings is 1. The average Bonchev–Trinajstić information content (AvgIpc) is 3.18. The summed E-state index contributed by atoms with van der Waals surface area (Å²) < 4.78 is 16.4. The zero-order chi connectivity index (χ0) is 20.4. The van der Waals surface area contributed by atoms with Crippen LogP contribution in [0.2, 0.25) is 5.02 Å². The fourth-order valence-corrected chi connectivity index (χ4v) is 3.17. The maximum absolute atomic E-state index is 12.9. The summed E-state index contributed by atoms with van der Waals surface area (Å²) in [5.41, 5.74) is 2.82. The number of nitrogens with one attached hydrogen (secondary N) is 1. The number of rotatable bonds is 5. The molecule has 7 heteroatoms. The molecule has 3 aromatic carbocycles. The molecule has 1 N–H and O–H groups in total. The van der Waals surface area contributed by atoms with Gasteiger partial charge in [0.1, 0.15) is 22.6 Å². The Bertz CT molecular complexity index is 1150. The number of anilines is 1. The zero-order valence-electron chi connectivity index (χ0n) is 15.7. The van der Waals surface area contributed by atoms with E-state index in [0.717, 1.165) is 5.52 Å². The molecule has 0 unspecified atom stereocenters. The fourth-order valence-electron chi connectivity index (χ4n) is 3.01. The number of hydrogen-bond donors (Lipinski definition) is 1. The molecule has 0 aliphatic heterocycles. The smallest absolute Gasteiger partial charge is 0.263 e. The number of carbonyl (C=O) groups is 1. The van der Waals surface area contributed by atoms with Crippen LogP contribution in [0.3, 0.4) is 0 Å². The van der Waals surface area contributed by atoms with Gasteiger partial charge in [-0.15, -0.1) is 0 Å². The molecule has 0 radical (unpaired) electrons. The summed E-state index contributed by atoms with van der Waals surface area (Å²) >= 11 is 6.31. The number of halogens is 1. The van der Waals surface area contributed by atoms with Gasteiger partial charge in [0.15, 0.2) is 5.58 Å². The van der Waals surface area contributed by atoms with Crippen molar-refractivity contribution in [3.8, 4) is 23.0 Å². The molecule has 0 atom stereocenters. The van der Waals surface area contributed by atoms with Gasteiger partial charge in [0, 0.05) is 5.56 Å². The van der Waals surface area contributed by atoms with Gasteiger partial charge in [0.25, 0.3) is 5.91 Å². The van der Waals surface area contributed by atoms with Crippen LogP contribution in [0.4, 0.5) is 5.69 Å². The first-order valence-corrected chi connectivity index (χ1v) is 9.16. The summed E-state index contributed by atoms with van der Waals surface area (Å²) in [5.74, 6) is 0.824. The minimum Gasteiger partial charge on any atom is -0.496 e. The van der Waals surface area contributed by atoms with Crippen LogP contribution in [0.1, 0.15) is 10.4 Å². The number of para-hydroxylation sites is 2. The molecule has 0 aliphatic rings. The molecule has 0 aliphatic carbocycles. The van der Waals surface area contributed by atoms with Crippen molar-refractivity contribution < 1.29 is 18.7 Å². The molecular formula is C22H17ClN2O4. The van der Waals surface area contributed by atoms with Crippen molar-refractivity contribution in [2.75, 3.05) is 19.5 Å². The van der Waals surface area contributed by atoms with Gasteiger partial charge in [-0.2, -0.15) is 0 Å². The Morgan fingerprint density at radius 1 is 1.00 bits per heavy atom. The summed E-state index contributed by atoms with van der Waals surface area (Å²) in [6, 6.07) is 17.8. The highest BCUT2D eigenvalue weighted by molar-refractivity contribution is 6.34. The van der Waals surface area contributed by atoms with Gasteiger partial charge < -0.3 is 19.2 Å². The summed E-state index contributed by atoms with van der Waals surface area (Å²) in [6.07, 6.45) is 0. The Balaban J connectivity index is 1.69. The fraction of sp³-hybridized carbons (Fsp3) is 0.0909. The van der Waals surface area contributed by atoms with Crippen LogP contribution >= 0.6 is 11.6 Å². The average molecular weight is 409 g/mol. The van der Waals surface area contributed by atoms with Crippen LogP contribution in [0.15, 0.2) is 65.1 Å². The van der Waals surface area contributed by atoms with Crippen molar-refractivity contribution in [1.29, 1.82) is 0 Å². The predicted octanol–water partition coefficient (Wildman–Crippen LogP) is 5.42. The molecule has 1 aromatic heterocycles. The van der Waals surface area contributed by atoms with Crippen molar-refractivity contribution in [2.45, 2.75) is 0 Å². The van der Waals surface area contributed by atoms with Crippen molar-refractivity contribution in [3.63, 3.8) is 0 Å². The summed E-state index contributed by atoms with van der Waals surface area (Å²) in [4.78, 5) is 17.4. The predicted molar refractivity (Wildman–Crippen MR) is 112 cm³/mol. The van der Waals surface area contributed by atoms with Crippen LogP contribution in [-0.4, -0.2) is 25.1 Å². The van der Waals surface area contributed by atoms with Gasteiger partial charge in [-0.25, -0.2) is 4.98 Å². The number of methoxy groups -OCH3 is 2. The Hall–Kier alpha value is -3.51. The number of hydrogen-bond acceptors (Lipinski definition) is 5. The number of benzene rings is 3. The van der Waals surface area contributed by atoms with Crippen molar-refractivity contribution in [2.24, 2.45) is 0 Å². The Kier molecular flexibility index (Phi) is 5.10. The third-order valence-corrected chi connectivity index (χ3v) is 4.74. The van der Waals surface area contributed by atoms with Crippen molar-refractivity contribution in [1.82, 2.24) is 4.98 Å². The van der Waals surface area contributed by atoms with Crippen LogP contribution < -0.4 is 14.8 Å². The lowest BCUT2D eigenvalue weighted by atomic mass is 10.1. The summed E-state index contributed by atoms with van der Waals surface area (Å²) in [7, 11) is 2.98. The van der Waals surface area contributed by atoms with E-state index in [1.54, 1.807) is 36.4 Å². The number of ether oxygens (including phenoxy) is 2. The quantitative estimate of drug-likeness (QED) is 0.477. The molecule has 0 bridgehead atoms.